The molecule has 1 aromatic carbocycles. The topological polar surface area (TPSA) is 73.7 Å². The Morgan fingerprint density at radius 3 is 2.77 bits per heavy atom. The Bertz CT molecular complexity index is 1090. The Hall–Kier alpha value is -2.84. The molecule has 1 atom stereocenters. The molecule has 162 valence electrons. The van der Waals surface area contributed by atoms with E-state index in [0.717, 1.165) is 6.07 Å². The van der Waals surface area contributed by atoms with Crippen LogP contribution in [0.15, 0.2) is 47.9 Å². The Balaban J connectivity index is 1.70. The first kappa shape index (κ1) is 21.4. The molecular weight excluding hydrogens is 428 g/mol. The van der Waals surface area contributed by atoms with Crippen molar-refractivity contribution in [1.82, 2.24) is 15.0 Å². The van der Waals surface area contributed by atoms with Crippen LogP contribution in [-0.2, 0) is 22.6 Å². The highest BCUT2D eigenvalue weighted by Crippen LogP contribution is 2.42. The van der Waals surface area contributed by atoms with E-state index in [-0.39, 0.29) is 29.9 Å². The number of nitrogens with zero attached hydrogens (tertiary/aromatic N) is 3. The second kappa shape index (κ2) is 8.01. The lowest BCUT2D eigenvalue weighted by Crippen LogP contribution is -2.60. The number of halogens is 3. The smallest absolute Gasteiger partial charge is 0.275 e. The first-order chi connectivity index (χ1) is 14.7. The molecule has 9 heteroatoms. The SMILES string of the molecule is C[C@]12CCCN1N(Cc1cccc(F)c1F)C(=O)C(C(=O)Cc1ccc(Cl)cn1)=C2O. The Morgan fingerprint density at radius 1 is 1.29 bits per heavy atom. The van der Waals surface area contributed by atoms with Gasteiger partial charge in [0.25, 0.3) is 5.91 Å². The summed E-state index contributed by atoms with van der Waals surface area (Å²) in [6, 6.07) is 6.88. The third-order valence-corrected chi connectivity index (χ3v) is 6.07. The van der Waals surface area contributed by atoms with Crippen LogP contribution in [-0.4, -0.2) is 43.9 Å². The first-order valence-electron chi connectivity index (χ1n) is 9.82. The number of hydrazine groups is 1. The highest BCUT2D eigenvalue weighted by atomic mass is 35.5. The van der Waals surface area contributed by atoms with Crippen molar-refractivity contribution >= 4 is 23.3 Å². The summed E-state index contributed by atoms with van der Waals surface area (Å²) in [4.78, 5) is 30.4. The van der Waals surface area contributed by atoms with Crippen LogP contribution in [0.25, 0.3) is 0 Å². The monoisotopic (exact) mass is 447 g/mol. The molecule has 0 bridgehead atoms. The lowest BCUT2D eigenvalue weighted by Gasteiger charge is -2.46. The molecule has 1 N–H and O–H groups in total. The molecule has 1 saturated heterocycles. The van der Waals surface area contributed by atoms with Crippen LogP contribution >= 0.6 is 11.6 Å². The quantitative estimate of drug-likeness (QED) is 0.707. The molecule has 0 saturated carbocycles. The van der Waals surface area contributed by atoms with Gasteiger partial charge >= 0.3 is 0 Å². The van der Waals surface area contributed by atoms with Gasteiger partial charge < -0.3 is 5.11 Å². The minimum Gasteiger partial charge on any atom is -0.509 e. The van der Waals surface area contributed by atoms with Gasteiger partial charge in [-0.15, -0.1) is 0 Å². The zero-order valence-electron chi connectivity index (χ0n) is 16.7. The van der Waals surface area contributed by atoms with Gasteiger partial charge in [-0.2, -0.15) is 0 Å². The lowest BCUT2D eigenvalue weighted by molar-refractivity contribution is -0.160. The minimum absolute atomic E-state index is 0.0184. The molecule has 1 amide bonds. The van der Waals surface area contributed by atoms with E-state index < -0.39 is 28.9 Å². The molecular formula is C22H20ClF2N3O3. The van der Waals surface area contributed by atoms with Gasteiger partial charge in [-0.05, 0) is 38.0 Å². The summed E-state index contributed by atoms with van der Waals surface area (Å²) < 4.78 is 28.0. The molecule has 2 aliphatic rings. The molecule has 6 nitrogen and oxygen atoms in total. The van der Waals surface area contributed by atoms with Crippen molar-refractivity contribution in [3.8, 4) is 0 Å². The van der Waals surface area contributed by atoms with Gasteiger partial charge in [0.15, 0.2) is 17.4 Å². The zero-order chi connectivity index (χ0) is 22.3. The second-order valence-corrected chi connectivity index (χ2v) is 8.30. The fraction of sp³-hybridized carbons (Fsp3) is 0.318. The third kappa shape index (κ3) is 3.70. The van der Waals surface area contributed by atoms with E-state index in [1.165, 1.54) is 23.3 Å². The predicted octanol–water partition coefficient (Wildman–Crippen LogP) is 3.75. The molecule has 0 aliphatic carbocycles. The number of pyridine rings is 1. The van der Waals surface area contributed by atoms with Crippen LogP contribution in [0, 0.1) is 11.6 Å². The molecule has 4 rings (SSSR count). The van der Waals surface area contributed by atoms with Crippen molar-refractivity contribution in [2.24, 2.45) is 0 Å². The van der Waals surface area contributed by atoms with Gasteiger partial charge in [0.2, 0.25) is 0 Å². The number of carbonyl (C=O) groups excluding carboxylic acids is 2. The molecule has 0 radical (unpaired) electrons. The van der Waals surface area contributed by atoms with Crippen molar-refractivity contribution in [3.05, 3.63) is 75.8 Å². The van der Waals surface area contributed by atoms with E-state index in [0.29, 0.717) is 30.1 Å². The maximum absolute atomic E-state index is 14.3. The summed E-state index contributed by atoms with van der Waals surface area (Å²) in [5.74, 6) is -3.72. The van der Waals surface area contributed by atoms with Gasteiger partial charge in [0.05, 0.1) is 23.5 Å². The summed E-state index contributed by atoms with van der Waals surface area (Å²) in [5.41, 5.74) is -0.968. The summed E-state index contributed by atoms with van der Waals surface area (Å²) in [7, 11) is 0. The van der Waals surface area contributed by atoms with Crippen molar-refractivity contribution in [2.75, 3.05) is 6.54 Å². The number of hydrogen-bond donors (Lipinski definition) is 1. The van der Waals surface area contributed by atoms with Gasteiger partial charge in [0.1, 0.15) is 11.3 Å². The Morgan fingerprint density at radius 2 is 2.06 bits per heavy atom. The standard InChI is InChI=1S/C22H20ClF2N3O3/c1-22-8-3-9-28(22)27(12-13-4-2-5-16(24)19(13)25)21(31)18(20(22)30)17(29)10-15-7-6-14(23)11-26-15/h2,4-7,11,30H,3,8-10,12H2,1H3/t22-/m1/s1. The summed E-state index contributed by atoms with van der Waals surface area (Å²) in [5, 5.41) is 14.2. The molecule has 31 heavy (non-hydrogen) atoms. The fourth-order valence-electron chi connectivity index (χ4n) is 4.19. The van der Waals surface area contributed by atoms with E-state index in [9.17, 15) is 23.5 Å². The number of benzene rings is 1. The molecule has 1 fully saturated rings. The normalized spacial score (nSPS) is 21.5. The lowest BCUT2D eigenvalue weighted by atomic mass is 9.88. The van der Waals surface area contributed by atoms with Gasteiger partial charge in [-0.3, -0.25) is 19.6 Å². The number of amides is 1. The molecule has 2 aliphatic heterocycles. The maximum Gasteiger partial charge on any atom is 0.275 e. The molecule has 0 spiro atoms. The van der Waals surface area contributed by atoms with Crippen LogP contribution < -0.4 is 0 Å². The maximum atomic E-state index is 14.3. The van der Waals surface area contributed by atoms with E-state index >= 15 is 0 Å². The highest BCUT2D eigenvalue weighted by molar-refractivity contribution is 6.30. The number of aliphatic hydroxyl groups excluding tert-OH is 1. The van der Waals surface area contributed by atoms with E-state index in [1.54, 1.807) is 24.1 Å². The van der Waals surface area contributed by atoms with Crippen molar-refractivity contribution in [3.63, 3.8) is 0 Å². The number of fused-ring (bicyclic) bond motifs is 1. The van der Waals surface area contributed by atoms with Crippen LogP contribution in [0.2, 0.25) is 5.02 Å². The van der Waals surface area contributed by atoms with Gasteiger partial charge in [-0.1, -0.05) is 23.7 Å². The number of Topliss-reactive ketones (excluding diaryl/α,β-unsaturated/α-hetero) is 1. The van der Waals surface area contributed by atoms with E-state index in [1.807, 2.05) is 0 Å². The van der Waals surface area contributed by atoms with Crippen molar-refractivity contribution < 1.29 is 23.5 Å². The van der Waals surface area contributed by atoms with Crippen molar-refractivity contribution in [1.29, 1.82) is 0 Å². The van der Waals surface area contributed by atoms with Gasteiger partial charge in [-0.25, -0.2) is 13.8 Å². The highest BCUT2D eigenvalue weighted by Gasteiger charge is 2.52. The zero-order valence-corrected chi connectivity index (χ0v) is 17.5. The Kier molecular flexibility index (Phi) is 5.53. The average Bonchev–Trinajstić information content (AvgIpc) is 3.13. The number of aliphatic hydroxyl groups is 1. The fourth-order valence-corrected chi connectivity index (χ4v) is 4.30. The number of ketones is 1. The van der Waals surface area contributed by atoms with Crippen LogP contribution in [0.3, 0.4) is 0 Å². The van der Waals surface area contributed by atoms with Crippen LogP contribution in [0.1, 0.15) is 31.0 Å². The van der Waals surface area contributed by atoms with Crippen LogP contribution in [0.4, 0.5) is 8.78 Å². The minimum atomic E-state index is -1.05. The number of hydrogen-bond acceptors (Lipinski definition) is 5. The molecule has 0 unspecified atom stereocenters. The average molecular weight is 448 g/mol. The molecule has 1 aromatic heterocycles. The second-order valence-electron chi connectivity index (χ2n) is 7.87. The summed E-state index contributed by atoms with van der Waals surface area (Å²) in [6.07, 6.45) is 2.35. The van der Waals surface area contributed by atoms with E-state index in [2.05, 4.69) is 4.98 Å². The number of carbonyl (C=O) groups is 2. The van der Waals surface area contributed by atoms with Crippen LogP contribution in [0.5, 0.6) is 0 Å². The number of aromatic nitrogens is 1. The summed E-state index contributed by atoms with van der Waals surface area (Å²) >= 11 is 5.82. The largest absolute Gasteiger partial charge is 0.509 e. The molecule has 2 aromatic rings. The number of rotatable bonds is 5. The first-order valence-corrected chi connectivity index (χ1v) is 10.2. The van der Waals surface area contributed by atoms with Gasteiger partial charge in [0, 0.05) is 24.0 Å². The third-order valence-electron chi connectivity index (χ3n) is 5.85. The Labute approximate surface area is 182 Å². The summed E-state index contributed by atoms with van der Waals surface area (Å²) in [6.45, 7) is 1.90. The van der Waals surface area contributed by atoms with E-state index in [4.69, 9.17) is 11.6 Å². The van der Waals surface area contributed by atoms with Crippen molar-refractivity contribution in [2.45, 2.75) is 38.3 Å². The molecule has 3 heterocycles. The predicted molar refractivity (Wildman–Crippen MR) is 109 cm³/mol.